The molecule has 0 saturated carbocycles. The molecule has 1 aliphatic heterocycles. The van der Waals surface area contributed by atoms with Gasteiger partial charge in [-0.3, -0.25) is 4.79 Å². The fourth-order valence-corrected chi connectivity index (χ4v) is 3.75. The van der Waals surface area contributed by atoms with Gasteiger partial charge in [0.1, 0.15) is 9.84 Å². The first-order chi connectivity index (χ1) is 9.48. The van der Waals surface area contributed by atoms with Gasteiger partial charge in [0.25, 0.3) is 0 Å². The number of rotatable bonds is 4. The van der Waals surface area contributed by atoms with Crippen molar-refractivity contribution in [1.82, 2.24) is 5.32 Å². The zero-order chi connectivity index (χ0) is 14.6. The van der Waals surface area contributed by atoms with Crippen molar-refractivity contribution < 1.29 is 13.2 Å². The molecule has 1 saturated heterocycles. The maximum atomic E-state index is 11.4. The van der Waals surface area contributed by atoms with Crippen LogP contribution in [0.15, 0.2) is 24.3 Å². The van der Waals surface area contributed by atoms with Crippen LogP contribution in [0.5, 0.6) is 0 Å². The monoisotopic (exact) mass is 296 g/mol. The molecule has 6 heteroatoms. The number of likely N-dealkylation sites (N-methyl/N-ethyl adjacent to an activating group) is 1. The molecular weight excluding hydrogens is 276 g/mol. The Morgan fingerprint density at radius 3 is 2.35 bits per heavy atom. The normalized spacial score (nSPS) is 18.4. The molecule has 110 valence electrons. The number of nitrogens with one attached hydrogen (secondary N) is 2. The van der Waals surface area contributed by atoms with E-state index in [0.717, 1.165) is 11.3 Å². The highest BCUT2D eigenvalue weighted by Gasteiger charge is 2.23. The Balaban J connectivity index is 1.89. The highest BCUT2D eigenvalue weighted by Crippen LogP contribution is 2.18. The Morgan fingerprint density at radius 1 is 1.20 bits per heavy atom. The second-order valence-electron chi connectivity index (χ2n) is 5.12. The Morgan fingerprint density at radius 2 is 1.80 bits per heavy atom. The topological polar surface area (TPSA) is 75.3 Å². The van der Waals surface area contributed by atoms with E-state index in [-0.39, 0.29) is 23.5 Å². The number of carbonyl (C=O) groups excluding carboxylic acids is 1. The van der Waals surface area contributed by atoms with E-state index < -0.39 is 9.84 Å². The van der Waals surface area contributed by atoms with E-state index in [2.05, 4.69) is 10.6 Å². The van der Waals surface area contributed by atoms with Gasteiger partial charge in [0.15, 0.2) is 0 Å². The van der Waals surface area contributed by atoms with Gasteiger partial charge in [-0.2, -0.15) is 0 Å². The molecule has 0 spiro atoms. The van der Waals surface area contributed by atoms with Gasteiger partial charge in [0.05, 0.1) is 17.9 Å². The Kier molecular flexibility index (Phi) is 4.65. The fraction of sp³-hybridized carbons (Fsp3) is 0.500. The maximum Gasteiger partial charge on any atom is 0.224 e. The van der Waals surface area contributed by atoms with Gasteiger partial charge >= 0.3 is 0 Å². The van der Waals surface area contributed by atoms with E-state index in [4.69, 9.17) is 0 Å². The zero-order valence-electron chi connectivity index (χ0n) is 11.6. The summed E-state index contributed by atoms with van der Waals surface area (Å²) in [5.41, 5.74) is 1.93. The molecule has 1 aromatic rings. The minimum Gasteiger partial charge on any atom is -0.382 e. The summed E-state index contributed by atoms with van der Waals surface area (Å²) in [4.78, 5) is 11.3. The molecule has 20 heavy (non-hydrogen) atoms. The number of hydrogen-bond acceptors (Lipinski definition) is 4. The van der Waals surface area contributed by atoms with Crippen molar-refractivity contribution in [3.63, 3.8) is 0 Å². The van der Waals surface area contributed by atoms with Crippen LogP contribution in [0.2, 0.25) is 0 Å². The first-order valence-electron chi connectivity index (χ1n) is 6.75. The van der Waals surface area contributed by atoms with Gasteiger partial charge in [0.2, 0.25) is 5.91 Å². The molecule has 5 nitrogen and oxygen atoms in total. The van der Waals surface area contributed by atoms with Crippen LogP contribution >= 0.6 is 0 Å². The molecule has 1 aliphatic rings. The van der Waals surface area contributed by atoms with Crippen LogP contribution in [0, 0.1) is 0 Å². The van der Waals surface area contributed by atoms with Crippen molar-refractivity contribution >= 4 is 21.4 Å². The summed E-state index contributed by atoms with van der Waals surface area (Å²) in [5, 5.41) is 5.94. The van der Waals surface area contributed by atoms with Crippen molar-refractivity contribution in [2.45, 2.75) is 25.3 Å². The maximum absolute atomic E-state index is 11.4. The van der Waals surface area contributed by atoms with Crippen molar-refractivity contribution in [3.8, 4) is 0 Å². The van der Waals surface area contributed by atoms with Crippen LogP contribution in [0.25, 0.3) is 0 Å². The summed E-state index contributed by atoms with van der Waals surface area (Å²) in [6, 6.07) is 7.90. The molecular formula is C14H20N2O3S. The quantitative estimate of drug-likeness (QED) is 0.868. The van der Waals surface area contributed by atoms with Gasteiger partial charge < -0.3 is 10.6 Å². The molecule has 1 aromatic carbocycles. The lowest BCUT2D eigenvalue weighted by Gasteiger charge is -2.24. The van der Waals surface area contributed by atoms with Crippen LogP contribution in [-0.4, -0.2) is 38.9 Å². The van der Waals surface area contributed by atoms with E-state index in [1.54, 1.807) is 7.05 Å². The first kappa shape index (κ1) is 14.8. The third-order valence-corrected chi connectivity index (χ3v) is 5.24. The molecule has 0 atom stereocenters. The molecule has 1 heterocycles. The fourth-order valence-electron chi connectivity index (χ4n) is 2.26. The summed E-state index contributed by atoms with van der Waals surface area (Å²) in [7, 11) is -1.20. The van der Waals surface area contributed by atoms with Crippen molar-refractivity contribution in [2.75, 3.05) is 23.9 Å². The predicted octanol–water partition coefficient (Wildman–Crippen LogP) is 0.964. The van der Waals surface area contributed by atoms with Crippen LogP contribution in [-0.2, 0) is 21.1 Å². The van der Waals surface area contributed by atoms with Gasteiger partial charge in [-0.1, -0.05) is 12.1 Å². The number of amides is 1. The number of sulfone groups is 1. The largest absolute Gasteiger partial charge is 0.382 e. The number of carbonyl (C=O) groups is 1. The molecule has 1 fully saturated rings. The summed E-state index contributed by atoms with van der Waals surface area (Å²) < 4.78 is 22.7. The van der Waals surface area contributed by atoms with E-state index in [0.29, 0.717) is 19.3 Å². The molecule has 0 bridgehead atoms. The third kappa shape index (κ3) is 4.23. The third-order valence-electron chi connectivity index (χ3n) is 3.52. The van der Waals surface area contributed by atoms with Gasteiger partial charge in [-0.25, -0.2) is 8.42 Å². The highest BCUT2D eigenvalue weighted by molar-refractivity contribution is 7.91. The lowest BCUT2D eigenvalue weighted by Crippen LogP contribution is -2.32. The predicted molar refractivity (Wildman–Crippen MR) is 79.5 cm³/mol. The van der Waals surface area contributed by atoms with Crippen LogP contribution in [0.4, 0.5) is 5.69 Å². The molecule has 2 rings (SSSR count). The molecule has 0 aliphatic carbocycles. The van der Waals surface area contributed by atoms with E-state index in [1.165, 1.54) is 0 Å². The highest BCUT2D eigenvalue weighted by atomic mass is 32.2. The van der Waals surface area contributed by atoms with E-state index in [9.17, 15) is 13.2 Å². The van der Waals surface area contributed by atoms with Gasteiger partial charge in [-0.15, -0.1) is 0 Å². The Labute approximate surface area is 119 Å². The second-order valence-corrected chi connectivity index (χ2v) is 7.42. The zero-order valence-corrected chi connectivity index (χ0v) is 12.4. The van der Waals surface area contributed by atoms with Gasteiger partial charge in [-0.05, 0) is 30.5 Å². The molecule has 1 amide bonds. The van der Waals surface area contributed by atoms with Crippen LogP contribution < -0.4 is 10.6 Å². The molecule has 0 unspecified atom stereocenters. The minimum atomic E-state index is -2.82. The summed E-state index contributed by atoms with van der Waals surface area (Å²) in [6.07, 6.45) is 1.68. The lowest BCUT2D eigenvalue weighted by atomic mass is 10.1. The van der Waals surface area contributed by atoms with Gasteiger partial charge in [0, 0.05) is 18.8 Å². The average Bonchev–Trinajstić information content (AvgIpc) is 2.43. The summed E-state index contributed by atoms with van der Waals surface area (Å²) in [5.74, 6) is 0.516. The Hall–Kier alpha value is -1.56. The SMILES string of the molecule is CNC(=O)Cc1ccc(NC2CCS(=O)(=O)CC2)cc1. The molecule has 0 radical (unpaired) electrons. The molecule has 0 aromatic heterocycles. The van der Waals surface area contributed by atoms with Crippen molar-refractivity contribution in [1.29, 1.82) is 0 Å². The lowest BCUT2D eigenvalue weighted by molar-refractivity contribution is -0.119. The Bertz CT molecular complexity index is 553. The van der Waals surface area contributed by atoms with E-state index >= 15 is 0 Å². The number of anilines is 1. The molecule has 2 N–H and O–H groups in total. The second kappa shape index (κ2) is 6.26. The van der Waals surface area contributed by atoms with Crippen molar-refractivity contribution in [3.05, 3.63) is 29.8 Å². The summed E-state index contributed by atoms with van der Waals surface area (Å²) >= 11 is 0. The van der Waals surface area contributed by atoms with Crippen LogP contribution in [0.3, 0.4) is 0 Å². The van der Waals surface area contributed by atoms with Crippen molar-refractivity contribution in [2.24, 2.45) is 0 Å². The van der Waals surface area contributed by atoms with E-state index in [1.807, 2.05) is 24.3 Å². The summed E-state index contributed by atoms with van der Waals surface area (Å²) in [6.45, 7) is 0. The first-order valence-corrected chi connectivity index (χ1v) is 8.57. The van der Waals surface area contributed by atoms with Crippen LogP contribution in [0.1, 0.15) is 18.4 Å². The number of benzene rings is 1. The number of hydrogen-bond donors (Lipinski definition) is 2. The smallest absolute Gasteiger partial charge is 0.224 e. The minimum absolute atomic E-state index is 0.0109. The average molecular weight is 296 g/mol. The standard InChI is InChI=1S/C14H20N2O3S/c1-15-14(17)10-11-2-4-12(5-3-11)16-13-6-8-20(18,19)9-7-13/h2-5,13,16H,6-10H2,1H3,(H,15,17).